The van der Waals surface area contributed by atoms with Crippen molar-refractivity contribution >= 4 is 0 Å². The minimum absolute atomic E-state index is 0. The van der Waals surface area contributed by atoms with Gasteiger partial charge in [-0.3, -0.25) is 0 Å². The van der Waals surface area contributed by atoms with Gasteiger partial charge in [0.25, 0.3) is 0 Å². The average Bonchev–Trinajstić information content (AvgIpc) is 2.57. The third-order valence-electron chi connectivity index (χ3n) is 1.78. The quantitative estimate of drug-likeness (QED) is 0.686. The molecule has 1 heterocycles. The van der Waals surface area contributed by atoms with Crippen LogP contribution in [0.4, 0.5) is 0 Å². The Morgan fingerprint density at radius 3 is 2.62 bits per heavy atom. The summed E-state index contributed by atoms with van der Waals surface area (Å²) in [4.78, 5) is 0. The van der Waals surface area contributed by atoms with Crippen LogP contribution >= 0.6 is 0 Å². The zero-order valence-electron chi connectivity index (χ0n) is 7.11. The Bertz CT molecular complexity index is 370. The first-order chi connectivity index (χ1) is 5.88. The predicted molar refractivity (Wildman–Crippen MR) is 46.1 cm³/mol. The summed E-state index contributed by atoms with van der Waals surface area (Å²) in [5, 5.41) is 7.67. The van der Waals surface area contributed by atoms with Gasteiger partial charge in [-0.05, 0) is 18.6 Å². The van der Waals surface area contributed by atoms with Crippen LogP contribution < -0.4 is 0 Å². The molecule has 1 radical (unpaired) electrons. The Balaban J connectivity index is 0.000000845. The van der Waals surface area contributed by atoms with Gasteiger partial charge < -0.3 is 0 Å². The van der Waals surface area contributed by atoms with E-state index in [4.69, 9.17) is 0 Å². The molecule has 0 spiro atoms. The first kappa shape index (κ1) is 9.96. The molecule has 0 unspecified atom stereocenters. The van der Waals surface area contributed by atoms with Gasteiger partial charge in [-0.15, -0.1) is 5.10 Å². The SMILES string of the molecule is Cc1ccccc1-n1ccnn1.[Cu]. The molecule has 1 aromatic carbocycles. The summed E-state index contributed by atoms with van der Waals surface area (Å²) in [5.41, 5.74) is 2.28. The smallest absolute Gasteiger partial charge is 0.0697 e. The minimum Gasteiger partial charge on any atom is -0.221 e. The fourth-order valence-corrected chi connectivity index (χ4v) is 1.16. The second-order valence-electron chi connectivity index (χ2n) is 2.63. The maximum Gasteiger partial charge on any atom is 0.0697 e. The molecule has 2 rings (SSSR count). The Morgan fingerprint density at radius 2 is 2.00 bits per heavy atom. The van der Waals surface area contributed by atoms with Crippen molar-refractivity contribution in [3.8, 4) is 5.69 Å². The van der Waals surface area contributed by atoms with Crippen molar-refractivity contribution in [2.75, 3.05) is 0 Å². The van der Waals surface area contributed by atoms with Gasteiger partial charge in [0.05, 0.1) is 18.1 Å². The third kappa shape index (κ3) is 1.97. The number of nitrogens with zero attached hydrogens (tertiary/aromatic N) is 3. The molecule has 71 valence electrons. The number of hydrogen-bond acceptors (Lipinski definition) is 2. The summed E-state index contributed by atoms with van der Waals surface area (Å²) in [6.45, 7) is 2.05. The number of aromatic nitrogens is 3. The van der Waals surface area contributed by atoms with Crippen molar-refractivity contribution in [1.29, 1.82) is 0 Å². The number of benzene rings is 1. The zero-order valence-corrected chi connectivity index (χ0v) is 8.05. The summed E-state index contributed by atoms with van der Waals surface area (Å²) in [6, 6.07) is 8.07. The van der Waals surface area contributed by atoms with Gasteiger partial charge in [-0.1, -0.05) is 23.4 Å². The van der Waals surface area contributed by atoms with Crippen molar-refractivity contribution in [2.45, 2.75) is 6.92 Å². The number of rotatable bonds is 1. The molecule has 0 N–H and O–H groups in total. The van der Waals surface area contributed by atoms with Gasteiger partial charge in [0, 0.05) is 17.1 Å². The maximum absolute atomic E-state index is 3.91. The van der Waals surface area contributed by atoms with Gasteiger partial charge in [0.2, 0.25) is 0 Å². The minimum atomic E-state index is 0. The molecule has 0 bridgehead atoms. The van der Waals surface area contributed by atoms with Crippen LogP contribution in [0, 0.1) is 6.92 Å². The second-order valence-corrected chi connectivity index (χ2v) is 2.63. The summed E-state index contributed by atoms with van der Waals surface area (Å²) in [7, 11) is 0. The summed E-state index contributed by atoms with van der Waals surface area (Å²) in [6.07, 6.45) is 3.51. The summed E-state index contributed by atoms with van der Waals surface area (Å²) in [5.74, 6) is 0. The zero-order chi connectivity index (χ0) is 8.39. The van der Waals surface area contributed by atoms with E-state index in [1.807, 2.05) is 24.4 Å². The van der Waals surface area contributed by atoms with E-state index in [1.54, 1.807) is 10.9 Å². The fourth-order valence-electron chi connectivity index (χ4n) is 1.16. The Hall–Kier alpha value is -1.12. The molecule has 0 aliphatic heterocycles. The van der Waals surface area contributed by atoms with Gasteiger partial charge in [-0.2, -0.15) is 0 Å². The van der Waals surface area contributed by atoms with Crippen molar-refractivity contribution in [1.82, 2.24) is 15.0 Å². The van der Waals surface area contributed by atoms with Crippen molar-refractivity contribution < 1.29 is 17.1 Å². The molecule has 0 fully saturated rings. The number of aryl methyl sites for hydroxylation is 1. The molecule has 0 saturated heterocycles. The molecular formula is C9H9CuN3. The third-order valence-corrected chi connectivity index (χ3v) is 1.78. The van der Waals surface area contributed by atoms with Crippen molar-refractivity contribution in [2.24, 2.45) is 0 Å². The molecule has 0 aliphatic rings. The maximum atomic E-state index is 3.91. The molecule has 1 aromatic heterocycles. The van der Waals surface area contributed by atoms with Crippen LogP contribution in [0.25, 0.3) is 5.69 Å². The fraction of sp³-hybridized carbons (Fsp3) is 0.111. The predicted octanol–water partition coefficient (Wildman–Crippen LogP) is 1.57. The van der Waals surface area contributed by atoms with Gasteiger partial charge >= 0.3 is 0 Å². The summed E-state index contributed by atoms with van der Waals surface area (Å²) < 4.78 is 1.76. The first-order valence-corrected chi connectivity index (χ1v) is 3.80. The molecule has 0 aliphatic carbocycles. The Labute approximate surface area is 87.2 Å². The van der Waals surface area contributed by atoms with E-state index in [-0.39, 0.29) is 17.1 Å². The van der Waals surface area contributed by atoms with E-state index < -0.39 is 0 Å². The second kappa shape index (κ2) is 4.21. The van der Waals surface area contributed by atoms with Crippen LogP contribution in [0.2, 0.25) is 0 Å². The standard InChI is InChI=1S/C9H9N3.Cu/c1-8-4-2-3-5-9(8)12-7-6-10-11-12;/h2-7H,1H3;. The first-order valence-electron chi connectivity index (χ1n) is 3.80. The van der Waals surface area contributed by atoms with Gasteiger partial charge in [0.1, 0.15) is 0 Å². The molecule has 0 saturated carbocycles. The van der Waals surface area contributed by atoms with E-state index in [0.29, 0.717) is 0 Å². The topological polar surface area (TPSA) is 30.7 Å². The van der Waals surface area contributed by atoms with E-state index in [9.17, 15) is 0 Å². The molecule has 2 aromatic rings. The monoisotopic (exact) mass is 222 g/mol. The van der Waals surface area contributed by atoms with Crippen LogP contribution in [-0.2, 0) is 17.1 Å². The van der Waals surface area contributed by atoms with Gasteiger partial charge in [-0.25, -0.2) is 4.68 Å². The average molecular weight is 223 g/mol. The number of hydrogen-bond donors (Lipinski definition) is 0. The Kier molecular flexibility index (Phi) is 3.23. The van der Waals surface area contributed by atoms with E-state index in [1.165, 1.54) is 5.56 Å². The molecule has 13 heavy (non-hydrogen) atoms. The van der Waals surface area contributed by atoms with E-state index >= 15 is 0 Å². The molecule has 0 atom stereocenters. The van der Waals surface area contributed by atoms with Crippen LogP contribution in [-0.4, -0.2) is 15.0 Å². The van der Waals surface area contributed by atoms with Crippen LogP contribution in [0.1, 0.15) is 5.56 Å². The molecule has 3 nitrogen and oxygen atoms in total. The summed E-state index contributed by atoms with van der Waals surface area (Å²) >= 11 is 0. The van der Waals surface area contributed by atoms with E-state index in [2.05, 4.69) is 23.3 Å². The normalized spacial score (nSPS) is 9.31. The van der Waals surface area contributed by atoms with Crippen LogP contribution in [0.5, 0.6) is 0 Å². The molecule has 4 heteroatoms. The molecule has 0 amide bonds. The van der Waals surface area contributed by atoms with Crippen molar-refractivity contribution in [3.63, 3.8) is 0 Å². The van der Waals surface area contributed by atoms with Crippen molar-refractivity contribution in [3.05, 3.63) is 42.2 Å². The van der Waals surface area contributed by atoms with Crippen LogP contribution in [0.15, 0.2) is 36.7 Å². The largest absolute Gasteiger partial charge is 0.221 e. The van der Waals surface area contributed by atoms with Gasteiger partial charge in [0.15, 0.2) is 0 Å². The van der Waals surface area contributed by atoms with E-state index in [0.717, 1.165) is 5.69 Å². The van der Waals surface area contributed by atoms with Crippen LogP contribution in [0.3, 0.4) is 0 Å². The number of para-hydroxylation sites is 1. The Morgan fingerprint density at radius 1 is 1.23 bits per heavy atom. The molecular weight excluding hydrogens is 214 g/mol.